The quantitative estimate of drug-likeness (QED) is 0.690. The van der Waals surface area contributed by atoms with Crippen molar-refractivity contribution in [1.29, 1.82) is 0 Å². The molecule has 162 valence electrons. The van der Waals surface area contributed by atoms with Crippen LogP contribution >= 0.6 is 11.6 Å². The Hall–Kier alpha value is -2.23. The maximum absolute atomic E-state index is 13.4. The molecule has 0 saturated carbocycles. The Morgan fingerprint density at radius 2 is 1.73 bits per heavy atom. The van der Waals surface area contributed by atoms with Crippen LogP contribution in [0.2, 0.25) is 5.02 Å². The summed E-state index contributed by atoms with van der Waals surface area (Å²) >= 11 is 5.99. The lowest BCUT2D eigenvalue weighted by Gasteiger charge is -2.35. The molecule has 10 heteroatoms. The summed E-state index contributed by atoms with van der Waals surface area (Å²) in [5, 5.41) is 0.597. The van der Waals surface area contributed by atoms with E-state index in [9.17, 15) is 22.0 Å². The van der Waals surface area contributed by atoms with Gasteiger partial charge < -0.3 is 9.64 Å². The number of benzene rings is 2. The predicted molar refractivity (Wildman–Crippen MR) is 108 cm³/mol. The summed E-state index contributed by atoms with van der Waals surface area (Å²) < 4.78 is 58.7. The molecule has 0 aromatic heterocycles. The summed E-state index contributed by atoms with van der Waals surface area (Å²) in [6.45, 7) is 3.86. The van der Waals surface area contributed by atoms with E-state index in [-0.39, 0.29) is 37.0 Å². The van der Waals surface area contributed by atoms with Crippen molar-refractivity contribution in [3.8, 4) is 5.75 Å². The Labute approximate surface area is 179 Å². The van der Waals surface area contributed by atoms with Gasteiger partial charge >= 0.3 is 0 Å². The molecule has 1 heterocycles. The van der Waals surface area contributed by atoms with Gasteiger partial charge in [0.05, 0.1) is 4.90 Å². The summed E-state index contributed by atoms with van der Waals surface area (Å²) in [7, 11) is -3.98. The molecule has 1 fully saturated rings. The van der Waals surface area contributed by atoms with E-state index < -0.39 is 27.8 Å². The van der Waals surface area contributed by atoms with E-state index in [1.807, 2.05) is 6.92 Å². The van der Waals surface area contributed by atoms with Crippen molar-refractivity contribution in [2.24, 2.45) is 0 Å². The van der Waals surface area contributed by atoms with E-state index in [1.54, 1.807) is 25.1 Å². The van der Waals surface area contributed by atoms with Crippen LogP contribution in [0.4, 0.5) is 8.78 Å². The van der Waals surface area contributed by atoms with E-state index in [2.05, 4.69) is 0 Å². The number of halogens is 3. The molecule has 1 atom stereocenters. The molecule has 1 amide bonds. The van der Waals surface area contributed by atoms with Crippen LogP contribution in [0.25, 0.3) is 0 Å². The molecule has 0 aliphatic carbocycles. The minimum atomic E-state index is -3.98. The highest BCUT2D eigenvalue weighted by Gasteiger charge is 2.32. The Bertz CT molecular complexity index is 1060. The number of carbonyl (C=O) groups is 1. The smallest absolute Gasteiger partial charge is 0.263 e. The Balaban J connectivity index is 1.61. The van der Waals surface area contributed by atoms with E-state index in [0.717, 1.165) is 22.0 Å². The van der Waals surface area contributed by atoms with Gasteiger partial charge in [0, 0.05) is 31.2 Å². The first kappa shape index (κ1) is 22.5. The summed E-state index contributed by atoms with van der Waals surface area (Å²) in [5.74, 6) is -2.10. The molecule has 30 heavy (non-hydrogen) atoms. The third-order valence-corrected chi connectivity index (χ3v) is 7.19. The van der Waals surface area contributed by atoms with Crippen LogP contribution in [0.5, 0.6) is 5.75 Å². The van der Waals surface area contributed by atoms with Crippen molar-refractivity contribution in [2.45, 2.75) is 24.8 Å². The average molecular weight is 459 g/mol. The molecule has 3 rings (SSSR count). The second-order valence-corrected chi connectivity index (χ2v) is 9.32. The van der Waals surface area contributed by atoms with Gasteiger partial charge in [-0.1, -0.05) is 11.6 Å². The standard InChI is InChI=1S/C20H21ClF2N2O4S/c1-13-11-15(3-5-17(13)21)29-14(2)20(26)24-7-9-25(10-8-24)30(27,28)16-4-6-18(22)19(23)12-16/h3-6,11-12,14H,7-10H2,1-2H3. The molecule has 1 saturated heterocycles. The number of carbonyl (C=O) groups excluding carboxylic acids is 1. The molecule has 1 aliphatic heterocycles. The van der Waals surface area contributed by atoms with Gasteiger partial charge in [0.1, 0.15) is 5.75 Å². The Kier molecular flexibility index (Phi) is 6.64. The van der Waals surface area contributed by atoms with E-state index >= 15 is 0 Å². The monoisotopic (exact) mass is 458 g/mol. The number of sulfonamides is 1. The second kappa shape index (κ2) is 8.87. The van der Waals surface area contributed by atoms with Gasteiger partial charge in [-0.3, -0.25) is 4.79 Å². The molecule has 0 spiro atoms. The van der Waals surface area contributed by atoms with Crippen LogP contribution in [-0.4, -0.2) is 55.8 Å². The van der Waals surface area contributed by atoms with Gasteiger partial charge in [0.2, 0.25) is 10.0 Å². The molecule has 0 radical (unpaired) electrons. The number of piperazine rings is 1. The number of amides is 1. The minimum Gasteiger partial charge on any atom is -0.481 e. The average Bonchev–Trinajstić information content (AvgIpc) is 2.72. The van der Waals surface area contributed by atoms with Crippen molar-refractivity contribution in [3.63, 3.8) is 0 Å². The van der Waals surface area contributed by atoms with Crippen LogP contribution in [0, 0.1) is 18.6 Å². The fourth-order valence-electron chi connectivity index (χ4n) is 3.14. The molecule has 1 aliphatic rings. The van der Waals surface area contributed by atoms with Gasteiger partial charge in [-0.15, -0.1) is 0 Å². The first-order valence-electron chi connectivity index (χ1n) is 9.26. The zero-order valence-corrected chi connectivity index (χ0v) is 18.0. The van der Waals surface area contributed by atoms with Crippen molar-refractivity contribution >= 4 is 27.5 Å². The highest BCUT2D eigenvalue weighted by molar-refractivity contribution is 7.89. The number of rotatable bonds is 5. The zero-order chi connectivity index (χ0) is 22.1. The molecule has 2 aromatic carbocycles. The lowest BCUT2D eigenvalue weighted by Crippen LogP contribution is -2.53. The predicted octanol–water partition coefficient (Wildman–Crippen LogP) is 3.23. The van der Waals surface area contributed by atoms with Gasteiger partial charge in [0.25, 0.3) is 5.91 Å². The molecule has 0 N–H and O–H groups in total. The lowest BCUT2D eigenvalue weighted by molar-refractivity contribution is -0.139. The zero-order valence-electron chi connectivity index (χ0n) is 16.4. The first-order valence-corrected chi connectivity index (χ1v) is 11.1. The topological polar surface area (TPSA) is 66.9 Å². The fourth-order valence-corrected chi connectivity index (χ4v) is 4.69. The maximum Gasteiger partial charge on any atom is 0.263 e. The second-order valence-electron chi connectivity index (χ2n) is 6.98. The van der Waals surface area contributed by atoms with Gasteiger partial charge in [-0.05, 0) is 55.8 Å². The summed E-state index contributed by atoms with van der Waals surface area (Å²) in [5.41, 5.74) is 0.824. The number of ether oxygens (including phenoxy) is 1. The number of aryl methyl sites for hydroxylation is 1. The Morgan fingerprint density at radius 3 is 2.33 bits per heavy atom. The highest BCUT2D eigenvalue weighted by atomic mass is 35.5. The minimum absolute atomic E-state index is 0.0415. The Morgan fingerprint density at radius 1 is 1.07 bits per heavy atom. The molecular formula is C20H21ClF2N2O4S. The fraction of sp³-hybridized carbons (Fsp3) is 0.350. The molecular weight excluding hydrogens is 438 g/mol. The number of hydrogen-bond acceptors (Lipinski definition) is 4. The SMILES string of the molecule is Cc1cc(OC(C)C(=O)N2CCN(S(=O)(=O)c3ccc(F)c(F)c3)CC2)ccc1Cl. The van der Waals surface area contributed by atoms with Gasteiger partial charge in [-0.25, -0.2) is 17.2 Å². The molecule has 0 bridgehead atoms. The third kappa shape index (κ3) is 4.74. The number of nitrogens with zero attached hydrogens (tertiary/aromatic N) is 2. The van der Waals surface area contributed by atoms with Crippen LogP contribution in [0.15, 0.2) is 41.3 Å². The van der Waals surface area contributed by atoms with Crippen LogP contribution < -0.4 is 4.74 Å². The van der Waals surface area contributed by atoms with E-state index in [4.69, 9.17) is 16.3 Å². The lowest BCUT2D eigenvalue weighted by atomic mass is 10.2. The van der Waals surface area contributed by atoms with Gasteiger partial charge in [0.15, 0.2) is 17.7 Å². The van der Waals surface area contributed by atoms with E-state index in [1.165, 1.54) is 4.90 Å². The molecule has 2 aromatic rings. The van der Waals surface area contributed by atoms with Crippen molar-refractivity contribution in [1.82, 2.24) is 9.21 Å². The number of hydrogen-bond donors (Lipinski definition) is 0. The summed E-state index contributed by atoms with van der Waals surface area (Å²) in [6.07, 6.45) is -0.764. The molecule has 1 unspecified atom stereocenters. The summed E-state index contributed by atoms with van der Waals surface area (Å²) in [6, 6.07) is 7.55. The first-order chi connectivity index (χ1) is 14.1. The van der Waals surface area contributed by atoms with Crippen LogP contribution in [0.3, 0.4) is 0 Å². The van der Waals surface area contributed by atoms with Crippen molar-refractivity contribution in [2.75, 3.05) is 26.2 Å². The van der Waals surface area contributed by atoms with Crippen LogP contribution in [0.1, 0.15) is 12.5 Å². The van der Waals surface area contributed by atoms with Crippen molar-refractivity contribution < 1.29 is 26.7 Å². The largest absolute Gasteiger partial charge is 0.481 e. The molecule has 6 nitrogen and oxygen atoms in total. The maximum atomic E-state index is 13.4. The van der Waals surface area contributed by atoms with Gasteiger partial charge in [-0.2, -0.15) is 4.31 Å². The van der Waals surface area contributed by atoms with Crippen molar-refractivity contribution in [3.05, 3.63) is 58.6 Å². The highest BCUT2D eigenvalue weighted by Crippen LogP contribution is 2.23. The van der Waals surface area contributed by atoms with Crippen LogP contribution in [-0.2, 0) is 14.8 Å². The van der Waals surface area contributed by atoms with E-state index in [0.29, 0.717) is 16.8 Å². The normalized spacial score (nSPS) is 16.4. The third-order valence-electron chi connectivity index (χ3n) is 4.87. The summed E-state index contributed by atoms with van der Waals surface area (Å²) in [4.78, 5) is 13.9.